The molecule has 0 unspecified atom stereocenters. The van der Waals surface area contributed by atoms with Crippen LogP contribution in [0.15, 0.2) is 16.8 Å². The molecule has 0 aliphatic heterocycles. The van der Waals surface area contributed by atoms with Crippen molar-refractivity contribution in [3.8, 4) is 0 Å². The molecule has 0 aliphatic rings. The van der Waals surface area contributed by atoms with Crippen LogP contribution in [0.25, 0.3) is 0 Å². The van der Waals surface area contributed by atoms with E-state index in [-0.39, 0.29) is 5.54 Å². The zero-order chi connectivity index (χ0) is 11.5. The van der Waals surface area contributed by atoms with Crippen molar-refractivity contribution in [1.29, 1.82) is 0 Å². The van der Waals surface area contributed by atoms with Gasteiger partial charge in [-0.2, -0.15) is 11.3 Å². The molecule has 15 heavy (non-hydrogen) atoms. The Bertz CT molecular complexity index is 314. The summed E-state index contributed by atoms with van der Waals surface area (Å²) in [5.74, 6) is 0. The molecule has 0 aliphatic carbocycles. The summed E-state index contributed by atoms with van der Waals surface area (Å²) in [5.41, 5.74) is 0.873. The molecule has 0 spiro atoms. The van der Waals surface area contributed by atoms with Crippen molar-refractivity contribution in [2.75, 3.05) is 6.54 Å². The highest BCUT2D eigenvalue weighted by atomic mass is 32.1. The Kier molecular flexibility index (Phi) is 3.74. The van der Waals surface area contributed by atoms with Gasteiger partial charge in [0.2, 0.25) is 0 Å². The van der Waals surface area contributed by atoms with Crippen molar-refractivity contribution < 1.29 is 9.90 Å². The monoisotopic (exact) mass is 227 g/mol. The predicted molar refractivity (Wildman–Crippen MR) is 62.5 cm³/mol. The van der Waals surface area contributed by atoms with Crippen LogP contribution in [0.3, 0.4) is 0 Å². The third-order valence-corrected chi connectivity index (χ3v) is 2.98. The van der Waals surface area contributed by atoms with Gasteiger partial charge in [-0.25, -0.2) is 4.79 Å². The summed E-state index contributed by atoms with van der Waals surface area (Å²) in [7, 11) is 0. The van der Waals surface area contributed by atoms with Crippen LogP contribution in [0.4, 0.5) is 4.79 Å². The lowest BCUT2D eigenvalue weighted by molar-refractivity contribution is 0.101. The molecule has 0 radical (unpaired) electrons. The van der Waals surface area contributed by atoms with Gasteiger partial charge in [-0.15, -0.1) is 0 Å². The van der Waals surface area contributed by atoms with Crippen molar-refractivity contribution in [2.45, 2.75) is 32.7 Å². The van der Waals surface area contributed by atoms with Crippen LogP contribution >= 0.6 is 11.3 Å². The third kappa shape index (κ3) is 3.55. The van der Waals surface area contributed by atoms with Crippen LogP contribution in [0, 0.1) is 0 Å². The minimum atomic E-state index is -0.849. The fourth-order valence-corrected chi connectivity index (χ4v) is 2.10. The lowest BCUT2D eigenvalue weighted by Gasteiger charge is -2.33. The molecule has 0 bridgehead atoms. The molecule has 0 atom stereocenters. The number of hydrogen-bond acceptors (Lipinski definition) is 2. The lowest BCUT2D eigenvalue weighted by Crippen LogP contribution is -2.45. The molecule has 84 valence electrons. The quantitative estimate of drug-likeness (QED) is 0.862. The van der Waals surface area contributed by atoms with Crippen LogP contribution in [0.1, 0.15) is 26.3 Å². The van der Waals surface area contributed by atoms with Gasteiger partial charge >= 0.3 is 6.09 Å². The molecule has 1 aromatic heterocycles. The highest BCUT2D eigenvalue weighted by Gasteiger charge is 2.25. The Morgan fingerprint density at radius 1 is 1.53 bits per heavy atom. The van der Waals surface area contributed by atoms with Gasteiger partial charge in [0.05, 0.1) is 0 Å². The highest BCUT2D eigenvalue weighted by Crippen LogP contribution is 2.15. The maximum absolute atomic E-state index is 11.0. The average molecular weight is 227 g/mol. The first-order valence-corrected chi connectivity index (χ1v) is 5.87. The van der Waals surface area contributed by atoms with Gasteiger partial charge < -0.3 is 10.0 Å². The Morgan fingerprint density at radius 3 is 2.60 bits per heavy atom. The van der Waals surface area contributed by atoms with E-state index in [2.05, 4.69) is 5.38 Å². The molecule has 1 amide bonds. The fourth-order valence-electron chi connectivity index (χ4n) is 1.39. The second-order valence-electron chi connectivity index (χ2n) is 4.49. The Morgan fingerprint density at radius 2 is 2.20 bits per heavy atom. The summed E-state index contributed by atoms with van der Waals surface area (Å²) in [6, 6.07) is 2.04. The molecule has 1 N–H and O–H groups in total. The molecule has 3 nitrogen and oxygen atoms in total. The third-order valence-electron chi connectivity index (χ3n) is 2.24. The molecule has 0 fully saturated rings. The molecule has 1 aromatic rings. The smallest absolute Gasteiger partial charge is 0.407 e. The van der Waals surface area contributed by atoms with Crippen LogP contribution in [0.5, 0.6) is 0 Å². The van der Waals surface area contributed by atoms with Crippen LogP contribution in [-0.4, -0.2) is 28.2 Å². The minimum absolute atomic E-state index is 0.331. The van der Waals surface area contributed by atoms with Gasteiger partial charge in [0.15, 0.2) is 0 Å². The Labute approximate surface area is 94.3 Å². The first kappa shape index (κ1) is 12.0. The van der Waals surface area contributed by atoms with E-state index in [1.807, 2.05) is 32.2 Å². The molecule has 1 rings (SSSR count). The maximum Gasteiger partial charge on any atom is 0.407 e. The second kappa shape index (κ2) is 4.66. The van der Waals surface area contributed by atoms with Crippen molar-refractivity contribution in [3.05, 3.63) is 22.4 Å². The molecule has 1 heterocycles. The van der Waals surface area contributed by atoms with Gasteiger partial charge in [0.25, 0.3) is 0 Å². The Balaban J connectivity index is 2.57. The number of thiophene rings is 1. The topological polar surface area (TPSA) is 40.5 Å². The van der Waals surface area contributed by atoms with Crippen molar-refractivity contribution in [1.82, 2.24) is 4.90 Å². The molecule has 0 aromatic carbocycles. The maximum atomic E-state index is 11.0. The molecular weight excluding hydrogens is 210 g/mol. The van der Waals surface area contributed by atoms with E-state index in [1.54, 1.807) is 11.3 Å². The first-order chi connectivity index (χ1) is 6.91. The van der Waals surface area contributed by atoms with E-state index in [0.717, 1.165) is 6.42 Å². The number of hydrogen-bond donors (Lipinski definition) is 1. The summed E-state index contributed by atoms with van der Waals surface area (Å²) < 4.78 is 0. The van der Waals surface area contributed by atoms with Gasteiger partial charge in [0, 0.05) is 12.1 Å². The molecule has 0 saturated carbocycles. The number of carbonyl (C=O) groups is 1. The number of nitrogens with zero attached hydrogens (tertiary/aromatic N) is 1. The molecule has 4 heteroatoms. The van der Waals surface area contributed by atoms with Crippen LogP contribution < -0.4 is 0 Å². The number of carboxylic acid groups (broad SMARTS) is 1. The predicted octanol–water partition coefficient (Wildman–Crippen LogP) is 3.07. The number of rotatable bonds is 3. The van der Waals surface area contributed by atoms with E-state index in [4.69, 9.17) is 5.11 Å². The summed E-state index contributed by atoms with van der Waals surface area (Å²) >= 11 is 1.64. The van der Waals surface area contributed by atoms with Gasteiger partial charge in [0.1, 0.15) is 0 Å². The first-order valence-electron chi connectivity index (χ1n) is 4.93. The van der Waals surface area contributed by atoms with Crippen LogP contribution in [0.2, 0.25) is 0 Å². The Hall–Kier alpha value is -1.03. The SMILES string of the molecule is CC(C)(C)N(CCc1ccsc1)C(=O)O. The summed E-state index contributed by atoms with van der Waals surface area (Å²) in [4.78, 5) is 12.5. The minimum Gasteiger partial charge on any atom is -0.465 e. The molecular formula is C11H17NO2S. The van der Waals surface area contributed by atoms with Crippen molar-refractivity contribution in [2.24, 2.45) is 0 Å². The van der Waals surface area contributed by atoms with Crippen molar-refractivity contribution in [3.63, 3.8) is 0 Å². The molecule has 0 saturated heterocycles. The number of amides is 1. The van der Waals surface area contributed by atoms with E-state index in [0.29, 0.717) is 6.54 Å². The lowest BCUT2D eigenvalue weighted by atomic mass is 10.1. The zero-order valence-electron chi connectivity index (χ0n) is 9.36. The van der Waals surface area contributed by atoms with E-state index in [1.165, 1.54) is 10.5 Å². The highest BCUT2D eigenvalue weighted by molar-refractivity contribution is 7.07. The van der Waals surface area contributed by atoms with Gasteiger partial charge in [-0.3, -0.25) is 0 Å². The summed E-state index contributed by atoms with van der Waals surface area (Å²) in [5, 5.41) is 13.1. The summed E-state index contributed by atoms with van der Waals surface area (Å²) in [6.07, 6.45) is -0.0645. The van der Waals surface area contributed by atoms with Gasteiger partial charge in [-0.05, 0) is 49.6 Å². The van der Waals surface area contributed by atoms with Gasteiger partial charge in [-0.1, -0.05) is 0 Å². The standard InChI is InChI=1S/C11H17NO2S/c1-11(2,3)12(10(13)14)6-4-9-5-7-15-8-9/h5,7-8H,4,6H2,1-3H3,(H,13,14). The second-order valence-corrected chi connectivity index (χ2v) is 5.27. The summed E-state index contributed by atoms with van der Waals surface area (Å²) in [6.45, 7) is 6.29. The normalized spacial score (nSPS) is 11.4. The average Bonchev–Trinajstić information content (AvgIpc) is 2.53. The fraction of sp³-hybridized carbons (Fsp3) is 0.545. The van der Waals surface area contributed by atoms with E-state index in [9.17, 15) is 4.79 Å². The van der Waals surface area contributed by atoms with E-state index < -0.39 is 6.09 Å². The largest absolute Gasteiger partial charge is 0.465 e. The zero-order valence-corrected chi connectivity index (χ0v) is 10.2. The van der Waals surface area contributed by atoms with Crippen LogP contribution in [-0.2, 0) is 6.42 Å². The van der Waals surface area contributed by atoms with Crippen molar-refractivity contribution >= 4 is 17.4 Å². The van der Waals surface area contributed by atoms with E-state index >= 15 is 0 Å².